The lowest BCUT2D eigenvalue weighted by Gasteiger charge is -2.08. The molecule has 0 unspecified atom stereocenters. The fourth-order valence-electron chi connectivity index (χ4n) is 2.18. The van der Waals surface area contributed by atoms with Crippen LogP contribution in [0.2, 0.25) is 0 Å². The molecule has 0 aliphatic heterocycles. The van der Waals surface area contributed by atoms with E-state index in [1.165, 1.54) is 16.8 Å². The summed E-state index contributed by atoms with van der Waals surface area (Å²) in [5.41, 5.74) is 0.284. The number of benzene rings is 2. The predicted octanol–water partition coefficient (Wildman–Crippen LogP) is 1.74. The summed E-state index contributed by atoms with van der Waals surface area (Å²) >= 11 is 0. The second-order valence-electron chi connectivity index (χ2n) is 4.38. The monoisotopic (exact) mass is 252 g/mol. The third kappa shape index (κ3) is 2.20. The number of aromatic nitrogens is 2. The minimum Gasteiger partial charge on any atom is -0.296 e. The Kier molecular flexibility index (Phi) is 2.76. The van der Waals surface area contributed by atoms with E-state index in [0.29, 0.717) is 6.54 Å². The minimum absolute atomic E-state index is 0.376. The molecule has 0 saturated heterocycles. The first-order chi connectivity index (χ1) is 9.24. The molecule has 19 heavy (non-hydrogen) atoms. The van der Waals surface area contributed by atoms with E-state index >= 15 is 0 Å². The lowest BCUT2D eigenvalue weighted by Crippen LogP contribution is -2.28. The summed E-state index contributed by atoms with van der Waals surface area (Å²) in [5.74, 6) is 0. The number of fused-ring (bicyclic) bond motifs is 1. The largest absolute Gasteiger partial charge is 0.328 e. The standard InChI is InChI=1S/C15H12N2O2/c18-14-8-9-17(15(19)16-14)10-12-6-3-5-11-4-1-2-7-13(11)12/h1-9H,10H2,(H,16,18,19). The maximum absolute atomic E-state index is 11.7. The summed E-state index contributed by atoms with van der Waals surface area (Å²) < 4.78 is 1.49. The minimum atomic E-state index is -0.388. The van der Waals surface area contributed by atoms with Crippen molar-refractivity contribution in [3.8, 4) is 0 Å². The number of rotatable bonds is 2. The molecule has 0 bridgehead atoms. The number of aromatic amines is 1. The number of hydrogen-bond donors (Lipinski definition) is 1. The molecule has 4 heteroatoms. The van der Waals surface area contributed by atoms with E-state index in [4.69, 9.17) is 0 Å². The fourth-order valence-corrected chi connectivity index (χ4v) is 2.18. The van der Waals surface area contributed by atoms with Crippen molar-refractivity contribution < 1.29 is 0 Å². The molecule has 1 aromatic heterocycles. The molecule has 1 heterocycles. The normalized spacial score (nSPS) is 10.7. The van der Waals surface area contributed by atoms with Gasteiger partial charge in [-0.2, -0.15) is 0 Å². The van der Waals surface area contributed by atoms with Gasteiger partial charge in [-0.1, -0.05) is 42.5 Å². The molecular formula is C15H12N2O2. The van der Waals surface area contributed by atoms with Crippen LogP contribution >= 0.6 is 0 Å². The second kappa shape index (κ2) is 4.57. The van der Waals surface area contributed by atoms with Crippen molar-refractivity contribution in [2.75, 3.05) is 0 Å². The third-order valence-corrected chi connectivity index (χ3v) is 3.12. The summed E-state index contributed by atoms with van der Waals surface area (Å²) in [6, 6.07) is 15.4. The quantitative estimate of drug-likeness (QED) is 0.755. The van der Waals surface area contributed by atoms with Crippen LogP contribution in [0, 0.1) is 0 Å². The Hall–Kier alpha value is -2.62. The number of hydrogen-bond acceptors (Lipinski definition) is 2. The molecule has 0 spiro atoms. The van der Waals surface area contributed by atoms with Gasteiger partial charge in [0, 0.05) is 12.3 Å². The average molecular weight is 252 g/mol. The third-order valence-electron chi connectivity index (χ3n) is 3.12. The molecule has 0 amide bonds. The van der Waals surface area contributed by atoms with Crippen LogP contribution in [0.4, 0.5) is 0 Å². The van der Waals surface area contributed by atoms with Crippen LogP contribution < -0.4 is 11.2 Å². The van der Waals surface area contributed by atoms with Crippen LogP contribution in [-0.2, 0) is 6.54 Å². The van der Waals surface area contributed by atoms with E-state index in [9.17, 15) is 9.59 Å². The lowest BCUT2D eigenvalue weighted by molar-refractivity contribution is 0.724. The highest BCUT2D eigenvalue weighted by molar-refractivity contribution is 5.85. The van der Waals surface area contributed by atoms with E-state index < -0.39 is 0 Å². The smallest absolute Gasteiger partial charge is 0.296 e. The zero-order valence-corrected chi connectivity index (χ0v) is 10.2. The van der Waals surface area contributed by atoms with Crippen LogP contribution in [0.1, 0.15) is 5.56 Å². The van der Waals surface area contributed by atoms with Gasteiger partial charge in [0.05, 0.1) is 6.54 Å². The van der Waals surface area contributed by atoms with E-state index in [2.05, 4.69) is 4.98 Å². The molecule has 0 aliphatic carbocycles. The summed E-state index contributed by atoms with van der Waals surface area (Å²) in [6.45, 7) is 0.441. The predicted molar refractivity (Wildman–Crippen MR) is 74.4 cm³/mol. The topological polar surface area (TPSA) is 54.9 Å². The number of nitrogens with one attached hydrogen (secondary N) is 1. The summed E-state index contributed by atoms with van der Waals surface area (Å²) in [5, 5.41) is 2.25. The second-order valence-corrected chi connectivity index (χ2v) is 4.38. The van der Waals surface area contributed by atoms with Crippen molar-refractivity contribution in [1.82, 2.24) is 9.55 Å². The molecule has 0 atom stereocenters. The summed E-state index contributed by atoms with van der Waals surface area (Å²) in [6.07, 6.45) is 1.52. The molecule has 2 aromatic carbocycles. The van der Waals surface area contributed by atoms with Crippen molar-refractivity contribution >= 4 is 10.8 Å². The van der Waals surface area contributed by atoms with Gasteiger partial charge in [-0.05, 0) is 16.3 Å². The number of nitrogens with zero attached hydrogens (tertiary/aromatic N) is 1. The van der Waals surface area contributed by atoms with Crippen molar-refractivity contribution in [3.05, 3.63) is 81.1 Å². The fraction of sp³-hybridized carbons (Fsp3) is 0.0667. The molecule has 3 rings (SSSR count). The Morgan fingerprint density at radius 1 is 0.947 bits per heavy atom. The molecule has 0 saturated carbocycles. The first kappa shape index (κ1) is 11.5. The van der Waals surface area contributed by atoms with Gasteiger partial charge in [0.15, 0.2) is 0 Å². The molecule has 0 aliphatic rings. The molecule has 0 fully saturated rings. The Labute approximate surface area is 109 Å². The van der Waals surface area contributed by atoms with E-state index in [0.717, 1.165) is 16.3 Å². The van der Waals surface area contributed by atoms with Gasteiger partial charge >= 0.3 is 5.69 Å². The molecular weight excluding hydrogens is 240 g/mol. The van der Waals surface area contributed by atoms with E-state index in [1.54, 1.807) is 0 Å². The van der Waals surface area contributed by atoms with Crippen molar-refractivity contribution in [1.29, 1.82) is 0 Å². The molecule has 4 nitrogen and oxygen atoms in total. The van der Waals surface area contributed by atoms with Crippen molar-refractivity contribution in [2.45, 2.75) is 6.54 Å². The highest BCUT2D eigenvalue weighted by atomic mass is 16.2. The SMILES string of the molecule is O=c1ccn(Cc2cccc3ccccc23)c(=O)[nH]1. The van der Waals surface area contributed by atoms with Gasteiger partial charge in [0.1, 0.15) is 0 Å². The van der Waals surface area contributed by atoms with Gasteiger partial charge in [-0.3, -0.25) is 14.3 Å². The Bertz CT molecular complexity index is 841. The highest BCUT2D eigenvalue weighted by Gasteiger charge is 2.02. The lowest BCUT2D eigenvalue weighted by atomic mass is 10.0. The molecule has 94 valence electrons. The molecule has 1 N–H and O–H groups in total. The highest BCUT2D eigenvalue weighted by Crippen LogP contribution is 2.18. The van der Waals surface area contributed by atoms with Crippen LogP contribution in [0.15, 0.2) is 64.3 Å². The first-order valence-electron chi connectivity index (χ1n) is 6.00. The first-order valence-corrected chi connectivity index (χ1v) is 6.00. The molecule has 3 aromatic rings. The Balaban J connectivity index is 2.11. The summed E-state index contributed by atoms with van der Waals surface area (Å²) in [7, 11) is 0. The maximum Gasteiger partial charge on any atom is 0.328 e. The van der Waals surface area contributed by atoms with Crippen LogP contribution in [-0.4, -0.2) is 9.55 Å². The van der Waals surface area contributed by atoms with Gasteiger partial charge in [-0.25, -0.2) is 4.79 Å². The maximum atomic E-state index is 11.7. The van der Waals surface area contributed by atoms with Gasteiger partial charge in [-0.15, -0.1) is 0 Å². The van der Waals surface area contributed by atoms with Gasteiger partial charge < -0.3 is 0 Å². The Morgan fingerprint density at radius 2 is 1.74 bits per heavy atom. The van der Waals surface area contributed by atoms with Gasteiger partial charge in [0.25, 0.3) is 5.56 Å². The molecule has 0 radical (unpaired) electrons. The van der Waals surface area contributed by atoms with E-state index in [1.807, 2.05) is 42.5 Å². The van der Waals surface area contributed by atoms with Crippen molar-refractivity contribution in [3.63, 3.8) is 0 Å². The zero-order chi connectivity index (χ0) is 13.2. The van der Waals surface area contributed by atoms with Gasteiger partial charge in [0.2, 0.25) is 0 Å². The van der Waals surface area contributed by atoms with Crippen LogP contribution in [0.25, 0.3) is 10.8 Å². The van der Waals surface area contributed by atoms with Crippen LogP contribution in [0.5, 0.6) is 0 Å². The Morgan fingerprint density at radius 3 is 2.58 bits per heavy atom. The summed E-state index contributed by atoms with van der Waals surface area (Å²) in [4.78, 5) is 25.0. The average Bonchev–Trinajstić information content (AvgIpc) is 2.42. The zero-order valence-electron chi connectivity index (χ0n) is 10.2. The van der Waals surface area contributed by atoms with Crippen molar-refractivity contribution in [2.24, 2.45) is 0 Å². The van der Waals surface area contributed by atoms with Crippen LogP contribution in [0.3, 0.4) is 0 Å². The van der Waals surface area contributed by atoms with E-state index in [-0.39, 0.29) is 11.2 Å². The number of H-pyrrole nitrogens is 1.